The number of phenols is 1. The van der Waals surface area contributed by atoms with Crippen LogP contribution in [0.1, 0.15) is 17.3 Å². The third kappa shape index (κ3) is 3.86. The molecule has 0 saturated heterocycles. The van der Waals surface area contributed by atoms with E-state index in [-0.39, 0.29) is 23.8 Å². The Labute approximate surface area is 117 Å². The number of carbonyl (C=O) groups excluding carboxylic acids is 2. The molecule has 1 N–H and O–H groups in total. The molecule has 0 radical (unpaired) electrons. The van der Waals surface area contributed by atoms with Crippen molar-refractivity contribution in [3.63, 3.8) is 0 Å². The minimum Gasteiger partial charge on any atom is -0.507 e. The molecule has 0 heterocycles. The zero-order valence-electron chi connectivity index (χ0n) is 11.2. The van der Waals surface area contributed by atoms with Crippen LogP contribution < -0.4 is 0 Å². The van der Waals surface area contributed by atoms with Gasteiger partial charge in [-0.15, -0.1) is 0 Å². The topological polar surface area (TPSA) is 60.9 Å². The second-order valence-corrected chi connectivity index (χ2v) is 4.71. The highest BCUT2D eigenvalue weighted by atomic mass is 35.5. The number of phenolic OH excluding ortho intramolecular Hbond substituents is 1. The van der Waals surface area contributed by atoms with Crippen LogP contribution in [0, 0.1) is 0 Å². The Balaban J connectivity index is 2.92. The van der Waals surface area contributed by atoms with Gasteiger partial charge in [0.1, 0.15) is 5.75 Å². The van der Waals surface area contributed by atoms with E-state index in [0.29, 0.717) is 11.6 Å². The molecule has 0 saturated carbocycles. The van der Waals surface area contributed by atoms with Gasteiger partial charge in [0.2, 0.25) is 5.91 Å². The first-order chi connectivity index (χ1) is 8.86. The summed E-state index contributed by atoms with van der Waals surface area (Å²) in [4.78, 5) is 26.6. The molecule has 0 aliphatic rings. The van der Waals surface area contributed by atoms with Gasteiger partial charge >= 0.3 is 0 Å². The summed E-state index contributed by atoms with van der Waals surface area (Å²) in [6, 6.07) is 4.27. The largest absolute Gasteiger partial charge is 0.507 e. The predicted molar refractivity (Wildman–Crippen MR) is 73.4 cm³/mol. The number of likely N-dealkylation sites (N-methyl/N-ethyl adjacent to an activating group) is 2. The van der Waals surface area contributed by atoms with Gasteiger partial charge in [0.25, 0.3) is 5.91 Å². The fourth-order valence-electron chi connectivity index (χ4n) is 1.49. The maximum atomic E-state index is 12.2. The van der Waals surface area contributed by atoms with E-state index in [0.717, 1.165) is 0 Å². The van der Waals surface area contributed by atoms with Gasteiger partial charge in [0, 0.05) is 25.7 Å². The normalized spacial score (nSPS) is 10.1. The number of hydrogen-bond donors (Lipinski definition) is 1. The SMILES string of the molecule is CCN(CC(=O)N(C)C)C(=O)c1ccc(Cl)cc1O. The first-order valence-electron chi connectivity index (χ1n) is 5.84. The van der Waals surface area contributed by atoms with Gasteiger partial charge in [-0.2, -0.15) is 0 Å². The molecule has 1 aromatic rings. The monoisotopic (exact) mass is 284 g/mol. The molecule has 0 atom stereocenters. The molecule has 1 aromatic carbocycles. The summed E-state index contributed by atoms with van der Waals surface area (Å²) in [6.07, 6.45) is 0. The van der Waals surface area contributed by atoms with Crippen LogP contribution in [0.5, 0.6) is 5.75 Å². The molecule has 0 bridgehead atoms. The Kier molecular flexibility index (Phi) is 5.18. The molecule has 19 heavy (non-hydrogen) atoms. The summed E-state index contributed by atoms with van der Waals surface area (Å²) >= 11 is 5.72. The van der Waals surface area contributed by atoms with Gasteiger partial charge < -0.3 is 14.9 Å². The highest BCUT2D eigenvalue weighted by Gasteiger charge is 2.20. The van der Waals surface area contributed by atoms with E-state index in [1.165, 1.54) is 28.0 Å². The Morgan fingerprint density at radius 1 is 1.32 bits per heavy atom. The first-order valence-corrected chi connectivity index (χ1v) is 6.22. The third-order valence-electron chi connectivity index (χ3n) is 2.68. The van der Waals surface area contributed by atoms with E-state index in [2.05, 4.69) is 0 Å². The van der Waals surface area contributed by atoms with Crippen molar-refractivity contribution in [2.75, 3.05) is 27.2 Å². The van der Waals surface area contributed by atoms with Gasteiger partial charge in [-0.25, -0.2) is 0 Å². The lowest BCUT2D eigenvalue weighted by Crippen LogP contribution is -2.40. The van der Waals surface area contributed by atoms with Crippen molar-refractivity contribution in [3.05, 3.63) is 28.8 Å². The molecule has 0 unspecified atom stereocenters. The smallest absolute Gasteiger partial charge is 0.258 e. The fourth-order valence-corrected chi connectivity index (χ4v) is 1.65. The third-order valence-corrected chi connectivity index (χ3v) is 2.92. The van der Waals surface area contributed by atoms with E-state index in [4.69, 9.17) is 11.6 Å². The van der Waals surface area contributed by atoms with E-state index >= 15 is 0 Å². The molecule has 1 rings (SSSR count). The van der Waals surface area contributed by atoms with E-state index in [1.807, 2.05) is 0 Å². The van der Waals surface area contributed by atoms with Crippen molar-refractivity contribution < 1.29 is 14.7 Å². The van der Waals surface area contributed by atoms with Crippen molar-refractivity contribution >= 4 is 23.4 Å². The molecular weight excluding hydrogens is 268 g/mol. The van der Waals surface area contributed by atoms with Crippen molar-refractivity contribution in [2.45, 2.75) is 6.92 Å². The Hall–Kier alpha value is -1.75. The average Bonchev–Trinajstić information content (AvgIpc) is 2.34. The zero-order valence-corrected chi connectivity index (χ0v) is 11.9. The van der Waals surface area contributed by atoms with Crippen LogP contribution in [0.2, 0.25) is 5.02 Å². The average molecular weight is 285 g/mol. The second-order valence-electron chi connectivity index (χ2n) is 4.27. The fraction of sp³-hybridized carbons (Fsp3) is 0.385. The molecule has 0 aliphatic carbocycles. The van der Waals surface area contributed by atoms with Crippen LogP contribution >= 0.6 is 11.6 Å². The number of halogens is 1. The van der Waals surface area contributed by atoms with Gasteiger partial charge in [0.05, 0.1) is 12.1 Å². The van der Waals surface area contributed by atoms with Crippen molar-refractivity contribution in [1.82, 2.24) is 9.80 Å². The Bertz CT molecular complexity index is 489. The van der Waals surface area contributed by atoms with Gasteiger partial charge in [0.15, 0.2) is 0 Å². The number of hydrogen-bond acceptors (Lipinski definition) is 3. The number of aromatic hydroxyl groups is 1. The summed E-state index contributed by atoms with van der Waals surface area (Å²) in [6.45, 7) is 2.12. The lowest BCUT2D eigenvalue weighted by Gasteiger charge is -2.22. The Morgan fingerprint density at radius 2 is 1.95 bits per heavy atom. The van der Waals surface area contributed by atoms with Crippen LogP contribution in [0.3, 0.4) is 0 Å². The maximum Gasteiger partial charge on any atom is 0.258 e. The molecule has 0 spiro atoms. The van der Waals surface area contributed by atoms with Gasteiger partial charge in [-0.1, -0.05) is 11.6 Å². The lowest BCUT2D eigenvalue weighted by molar-refractivity contribution is -0.129. The summed E-state index contributed by atoms with van der Waals surface area (Å²) in [5.74, 6) is -0.760. The second kappa shape index (κ2) is 6.43. The quantitative estimate of drug-likeness (QED) is 0.913. The predicted octanol–water partition coefficient (Wildman–Crippen LogP) is 1.60. The molecule has 5 nitrogen and oxygen atoms in total. The van der Waals surface area contributed by atoms with Crippen LogP contribution in [-0.2, 0) is 4.79 Å². The molecule has 0 aromatic heterocycles. The van der Waals surface area contributed by atoms with Crippen molar-refractivity contribution in [2.24, 2.45) is 0 Å². The van der Waals surface area contributed by atoms with Crippen LogP contribution in [-0.4, -0.2) is 53.9 Å². The molecule has 0 fully saturated rings. The molecular formula is C13H17ClN2O3. The van der Waals surface area contributed by atoms with Crippen molar-refractivity contribution in [1.29, 1.82) is 0 Å². The van der Waals surface area contributed by atoms with Gasteiger partial charge in [-0.3, -0.25) is 9.59 Å². The number of amides is 2. The minimum atomic E-state index is -0.396. The first kappa shape index (κ1) is 15.3. The summed E-state index contributed by atoms with van der Waals surface area (Å²) in [5.41, 5.74) is 0.137. The van der Waals surface area contributed by atoms with E-state index < -0.39 is 5.91 Å². The van der Waals surface area contributed by atoms with Crippen LogP contribution in [0.4, 0.5) is 0 Å². The zero-order chi connectivity index (χ0) is 14.6. The highest BCUT2D eigenvalue weighted by Crippen LogP contribution is 2.23. The van der Waals surface area contributed by atoms with E-state index in [1.54, 1.807) is 21.0 Å². The van der Waals surface area contributed by atoms with Gasteiger partial charge in [-0.05, 0) is 25.1 Å². The lowest BCUT2D eigenvalue weighted by atomic mass is 10.1. The maximum absolute atomic E-state index is 12.2. The summed E-state index contributed by atoms with van der Waals surface area (Å²) in [5, 5.41) is 10.1. The minimum absolute atomic E-state index is 0.0234. The number of benzene rings is 1. The van der Waals surface area contributed by atoms with E-state index in [9.17, 15) is 14.7 Å². The highest BCUT2D eigenvalue weighted by molar-refractivity contribution is 6.30. The molecule has 6 heteroatoms. The van der Waals surface area contributed by atoms with Crippen LogP contribution in [0.25, 0.3) is 0 Å². The summed E-state index contributed by atoms with van der Waals surface area (Å²) < 4.78 is 0. The van der Waals surface area contributed by atoms with Crippen molar-refractivity contribution in [3.8, 4) is 5.75 Å². The molecule has 0 aliphatic heterocycles. The Morgan fingerprint density at radius 3 is 2.42 bits per heavy atom. The molecule has 104 valence electrons. The number of nitrogens with zero attached hydrogens (tertiary/aromatic N) is 2. The number of rotatable bonds is 4. The number of carbonyl (C=O) groups is 2. The van der Waals surface area contributed by atoms with Crippen LogP contribution in [0.15, 0.2) is 18.2 Å². The molecule has 2 amide bonds. The summed E-state index contributed by atoms with van der Waals surface area (Å²) in [7, 11) is 3.25. The standard InChI is InChI=1S/C13H17ClN2O3/c1-4-16(8-12(18)15(2)3)13(19)10-6-5-9(14)7-11(10)17/h5-7,17H,4,8H2,1-3H3.